The van der Waals surface area contributed by atoms with Gasteiger partial charge in [-0.2, -0.15) is 0 Å². The molecule has 160 valence electrons. The minimum Gasteiger partial charge on any atom is -0.362 e. The number of anilines is 2. The number of benzene rings is 2. The first-order valence-corrected chi connectivity index (χ1v) is 10.8. The molecule has 3 heterocycles. The van der Waals surface area contributed by atoms with Crippen molar-refractivity contribution in [3.05, 3.63) is 59.7 Å². The molecule has 7 nitrogen and oxygen atoms in total. The number of hydrogen-bond donors (Lipinski definition) is 2. The third-order valence-electron chi connectivity index (χ3n) is 6.71. The summed E-state index contributed by atoms with van der Waals surface area (Å²) in [5.41, 5.74) is 2.87. The number of hydrogen-bond acceptors (Lipinski definition) is 4. The number of carbonyl (C=O) groups is 3. The summed E-state index contributed by atoms with van der Waals surface area (Å²) >= 11 is 0. The van der Waals surface area contributed by atoms with Crippen LogP contribution < -0.4 is 15.5 Å². The Bertz CT molecular complexity index is 1060. The summed E-state index contributed by atoms with van der Waals surface area (Å²) in [4.78, 5) is 41.9. The van der Waals surface area contributed by atoms with Crippen molar-refractivity contribution in [2.45, 2.75) is 31.8 Å². The molecule has 0 radical (unpaired) electrons. The summed E-state index contributed by atoms with van der Waals surface area (Å²) in [6.07, 6.45) is 1.50. The highest BCUT2D eigenvalue weighted by molar-refractivity contribution is 6.02. The minimum atomic E-state index is -0.527. The average Bonchev–Trinajstić information content (AvgIpc) is 3.15. The first kappa shape index (κ1) is 19.6. The predicted molar refractivity (Wildman–Crippen MR) is 118 cm³/mol. The second-order valence-electron chi connectivity index (χ2n) is 8.72. The molecule has 2 aromatic carbocycles. The van der Waals surface area contributed by atoms with E-state index in [1.807, 2.05) is 54.3 Å². The van der Waals surface area contributed by atoms with Crippen molar-refractivity contribution in [1.29, 1.82) is 0 Å². The van der Waals surface area contributed by atoms with Crippen molar-refractivity contribution < 1.29 is 14.4 Å². The second-order valence-corrected chi connectivity index (χ2v) is 8.72. The van der Waals surface area contributed by atoms with Crippen LogP contribution in [0.15, 0.2) is 48.5 Å². The van der Waals surface area contributed by atoms with Crippen LogP contribution >= 0.6 is 0 Å². The van der Waals surface area contributed by atoms with Gasteiger partial charge in [0.2, 0.25) is 11.8 Å². The van der Waals surface area contributed by atoms with Crippen molar-refractivity contribution in [3.8, 4) is 0 Å². The Morgan fingerprint density at radius 3 is 2.48 bits per heavy atom. The zero-order valence-corrected chi connectivity index (χ0v) is 17.6. The molecule has 5 rings (SSSR count). The highest BCUT2D eigenvalue weighted by Gasteiger charge is 2.43. The van der Waals surface area contributed by atoms with E-state index >= 15 is 0 Å². The third-order valence-corrected chi connectivity index (χ3v) is 6.71. The number of carbonyl (C=O) groups excluding carboxylic acids is 3. The van der Waals surface area contributed by atoms with Gasteiger partial charge in [-0.25, -0.2) is 0 Å². The van der Waals surface area contributed by atoms with Gasteiger partial charge < -0.3 is 20.4 Å². The lowest BCUT2D eigenvalue weighted by molar-refractivity contribution is -0.137. The molecule has 0 unspecified atom stereocenters. The number of rotatable bonds is 2. The van der Waals surface area contributed by atoms with Crippen molar-refractivity contribution in [2.75, 3.05) is 29.9 Å². The van der Waals surface area contributed by atoms with E-state index in [1.165, 1.54) is 0 Å². The highest BCUT2D eigenvalue weighted by atomic mass is 16.2. The molecule has 0 saturated carbocycles. The standard InChI is InChI=1S/C24H26N4O3/c1-16-6-2-5-9-20(16)28-15-17(14-21(28)29)23(31)27-12-10-24(11-13-27)25-19-8-4-3-7-18(19)22(30)26-24/h2-9,17,25H,10-15H2,1H3,(H,26,30)/t17-/m1/s1. The molecule has 3 aliphatic rings. The first-order chi connectivity index (χ1) is 15.0. The van der Waals surface area contributed by atoms with Gasteiger partial charge in [0.05, 0.1) is 11.5 Å². The summed E-state index contributed by atoms with van der Waals surface area (Å²) in [6, 6.07) is 15.3. The lowest BCUT2D eigenvalue weighted by Gasteiger charge is -2.46. The molecule has 3 amide bonds. The Labute approximate surface area is 181 Å². The zero-order chi connectivity index (χ0) is 21.6. The van der Waals surface area contributed by atoms with E-state index in [0.717, 1.165) is 16.9 Å². The van der Waals surface area contributed by atoms with Gasteiger partial charge >= 0.3 is 0 Å². The number of likely N-dealkylation sites (tertiary alicyclic amines) is 1. The molecule has 1 atom stereocenters. The number of nitrogens with zero attached hydrogens (tertiary/aromatic N) is 2. The highest BCUT2D eigenvalue weighted by Crippen LogP contribution is 2.33. The predicted octanol–water partition coefficient (Wildman–Crippen LogP) is 2.52. The molecule has 31 heavy (non-hydrogen) atoms. The van der Waals surface area contributed by atoms with Crippen molar-refractivity contribution in [2.24, 2.45) is 5.92 Å². The van der Waals surface area contributed by atoms with Crippen LogP contribution in [-0.4, -0.2) is 47.9 Å². The van der Waals surface area contributed by atoms with Gasteiger partial charge in [0, 0.05) is 50.3 Å². The van der Waals surface area contributed by atoms with E-state index in [2.05, 4.69) is 10.6 Å². The Hall–Kier alpha value is -3.35. The van der Waals surface area contributed by atoms with Crippen molar-refractivity contribution in [1.82, 2.24) is 10.2 Å². The van der Waals surface area contributed by atoms with Crippen LogP contribution in [0, 0.1) is 12.8 Å². The maximum atomic E-state index is 13.2. The first-order valence-electron chi connectivity index (χ1n) is 10.8. The molecule has 7 heteroatoms. The molecule has 0 aromatic heterocycles. The van der Waals surface area contributed by atoms with Crippen molar-refractivity contribution in [3.63, 3.8) is 0 Å². The molecule has 1 spiro atoms. The quantitative estimate of drug-likeness (QED) is 0.785. The molecule has 0 bridgehead atoms. The van der Waals surface area contributed by atoms with Gasteiger partial charge in [-0.1, -0.05) is 30.3 Å². The fourth-order valence-electron chi connectivity index (χ4n) is 4.95. The Morgan fingerprint density at radius 2 is 1.71 bits per heavy atom. The number of fused-ring (bicyclic) bond motifs is 1. The van der Waals surface area contributed by atoms with Crippen LogP contribution in [0.25, 0.3) is 0 Å². The Morgan fingerprint density at radius 1 is 1.00 bits per heavy atom. The number of aryl methyl sites for hydroxylation is 1. The molecule has 2 fully saturated rings. The Balaban J connectivity index is 1.25. The molecule has 3 aliphatic heterocycles. The fraction of sp³-hybridized carbons (Fsp3) is 0.375. The summed E-state index contributed by atoms with van der Waals surface area (Å²) in [5.74, 6) is -0.374. The molecule has 2 saturated heterocycles. The number of piperidine rings is 1. The van der Waals surface area contributed by atoms with Gasteiger partial charge in [-0.15, -0.1) is 0 Å². The largest absolute Gasteiger partial charge is 0.362 e. The summed E-state index contributed by atoms with van der Waals surface area (Å²) in [6.45, 7) is 3.49. The third kappa shape index (κ3) is 3.44. The van der Waals surface area contributed by atoms with Gasteiger partial charge in [0.25, 0.3) is 5.91 Å². The lowest BCUT2D eigenvalue weighted by Crippen LogP contribution is -2.63. The van der Waals surface area contributed by atoms with Crippen LogP contribution in [0.3, 0.4) is 0 Å². The number of nitrogens with one attached hydrogen (secondary N) is 2. The molecular formula is C24H26N4O3. The maximum absolute atomic E-state index is 13.2. The fourth-order valence-corrected chi connectivity index (χ4v) is 4.95. The van der Waals surface area contributed by atoms with Crippen LogP contribution in [0.5, 0.6) is 0 Å². The van der Waals surface area contributed by atoms with E-state index in [4.69, 9.17) is 0 Å². The molecule has 2 aromatic rings. The molecular weight excluding hydrogens is 392 g/mol. The maximum Gasteiger partial charge on any atom is 0.255 e. The monoisotopic (exact) mass is 418 g/mol. The van der Waals surface area contributed by atoms with Crippen LogP contribution in [-0.2, 0) is 9.59 Å². The average molecular weight is 418 g/mol. The number of para-hydroxylation sites is 2. The van der Waals surface area contributed by atoms with Crippen LogP contribution in [0.2, 0.25) is 0 Å². The zero-order valence-electron chi connectivity index (χ0n) is 17.6. The van der Waals surface area contributed by atoms with E-state index in [0.29, 0.717) is 38.0 Å². The van der Waals surface area contributed by atoms with E-state index in [9.17, 15) is 14.4 Å². The summed E-state index contributed by atoms with van der Waals surface area (Å²) < 4.78 is 0. The van der Waals surface area contributed by atoms with E-state index in [1.54, 1.807) is 11.0 Å². The lowest BCUT2D eigenvalue weighted by atomic mass is 9.91. The topological polar surface area (TPSA) is 81.8 Å². The molecule has 0 aliphatic carbocycles. The summed E-state index contributed by atoms with van der Waals surface area (Å²) in [7, 11) is 0. The smallest absolute Gasteiger partial charge is 0.255 e. The van der Waals surface area contributed by atoms with Crippen molar-refractivity contribution >= 4 is 29.1 Å². The Kier molecular flexibility index (Phi) is 4.68. The minimum absolute atomic E-state index is 0.000975. The van der Waals surface area contributed by atoms with Crippen LogP contribution in [0.1, 0.15) is 35.2 Å². The number of amides is 3. The summed E-state index contributed by atoms with van der Waals surface area (Å²) in [5, 5.41) is 6.59. The van der Waals surface area contributed by atoms with Gasteiger partial charge in [-0.3, -0.25) is 14.4 Å². The van der Waals surface area contributed by atoms with Gasteiger partial charge in [0.15, 0.2) is 0 Å². The molecule has 2 N–H and O–H groups in total. The van der Waals surface area contributed by atoms with E-state index < -0.39 is 5.66 Å². The van der Waals surface area contributed by atoms with Gasteiger partial charge in [-0.05, 0) is 30.7 Å². The normalized spacial score (nSPS) is 22.2. The van der Waals surface area contributed by atoms with Crippen LogP contribution in [0.4, 0.5) is 11.4 Å². The van der Waals surface area contributed by atoms with E-state index in [-0.39, 0.29) is 30.1 Å². The van der Waals surface area contributed by atoms with Gasteiger partial charge in [0.1, 0.15) is 5.66 Å². The SMILES string of the molecule is Cc1ccccc1N1C[C@H](C(=O)N2CCC3(CC2)NC(=O)c2ccccc2N3)CC1=O. The second kappa shape index (κ2) is 7.41.